The van der Waals surface area contributed by atoms with Crippen LogP contribution in [0.4, 0.5) is 0 Å². The van der Waals surface area contributed by atoms with Crippen molar-refractivity contribution in [1.82, 2.24) is 10.2 Å². The molecule has 0 spiro atoms. The Morgan fingerprint density at radius 3 is 2.41 bits per heavy atom. The van der Waals surface area contributed by atoms with E-state index in [1.807, 2.05) is 56.3 Å². The van der Waals surface area contributed by atoms with Crippen molar-refractivity contribution >= 4 is 27.7 Å². The molecule has 2 atom stereocenters. The number of amides is 2. The topological polar surface area (TPSA) is 67.9 Å². The molecule has 186 valence electrons. The fraction of sp³-hybridized carbons (Fsp3) is 0.481. The first-order chi connectivity index (χ1) is 16.0. The summed E-state index contributed by atoms with van der Waals surface area (Å²) in [4.78, 5) is 27.7. The largest absolute Gasteiger partial charge is 0.497 e. The molecule has 1 N–H and O–H groups in total. The lowest BCUT2D eigenvalue weighted by Crippen LogP contribution is -2.50. The summed E-state index contributed by atoms with van der Waals surface area (Å²) in [6, 6.07) is 12.7. The molecule has 0 radical (unpaired) electrons. The van der Waals surface area contributed by atoms with Crippen LogP contribution in [0.25, 0.3) is 0 Å². The molecule has 34 heavy (non-hydrogen) atoms. The molecule has 7 heteroatoms. The third-order valence-corrected chi connectivity index (χ3v) is 6.42. The van der Waals surface area contributed by atoms with E-state index >= 15 is 0 Å². The van der Waals surface area contributed by atoms with E-state index in [-0.39, 0.29) is 36.4 Å². The minimum Gasteiger partial charge on any atom is -0.497 e. The number of nitrogens with one attached hydrogen (secondary N) is 1. The predicted molar refractivity (Wildman–Crippen MR) is 139 cm³/mol. The summed E-state index contributed by atoms with van der Waals surface area (Å²) >= 11 is 3.56. The van der Waals surface area contributed by atoms with Crippen molar-refractivity contribution in [3.63, 3.8) is 0 Å². The summed E-state index contributed by atoms with van der Waals surface area (Å²) in [5.41, 5.74) is 2.03. The van der Waals surface area contributed by atoms with E-state index in [0.29, 0.717) is 11.5 Å². The van der Waals surface area contributed by atoms with Gasteiger partial charge in [-0.05, 0) is 77.0 Å². The first-order valence-corrected chi connectivity index (χ1v) is 12.4. The fourth-order valence-electron chi connectivity index (χ4n) is 3.32. The van der Waals surface area contributed by atoms with Crippen LogP contribution in [0.1, 0.15) is 59.1 Å². The quantitative estimate of drug-likeness (QED) is 0.440. The number of benzene rings is 2. The van der Waals surface area contributed by atoms with Gasteiger partial charge in [-0.3, -0.25) is 9.59 Å². The average molecular weight is 534 g/mol. The summed E-state index contributed by atoms with van der Waals surface area (Å²) in [6.07, 6.45) is 0.810. The second kappa shape index (κ2) is 12.2. The van der Waals surface area contributed by atoms with Crippen LogP contribution in [-0.2, 0) is 21.5 Å². The molecule has 0 heterocycles. The number of methoxy groups -OCH3 is 1. The van der Waals surface area contributed by atoms with Crippen molar-refractivity contribution < 1.29 is 19.1 Å². The van der Waals surface area contributed by atoms with Crippen LogP contribution in [0.15, 0.2) is 46.9 Å². The first kappa shape index (κ1) is 27.7. The first-order valence-electron chi connectivity index (χ1n) is 11.6. The molecule has 2 aromatic rings. The molecular formula is C27H37BrN2O4. The van der Waals surface area contributed by atoms with E-state index in [0.717, 1.165) is 22.0 Å². The number of ether oxygens (including phenoxy) is 2. The molecular weight excluding hydrogens is 496 g/mol. The molecule has 0 saturated heterocycles. The van der Waals surface area contributed by atoms with Crippen molar-refractivity contribution in [3.8, 4) is 11.5 Å². The van der Waals surface area contributed by atoms with Crippen LogP contribution < -0.4 is 14.8 Å². The predicted octanol–water partition coefficient (Wildman–Crippen LogP) is 5.47. The third kappa shape index (κ3) is 7.76. The Kier molecular flexibility index (Phi) is 9.98. The number of hydrogen-bond donors (Lipinski definition) is 1. The van der Waals surface area contributed by atoms with Gasteiger partial charge in [0.2, 0.25) is 5.91 Å². The maximum absolute atomic E-state index is 13.3. The molecule has 2 aromatic carbocycles. The van der Waals surface area contributed by atoms with Crippen LogP contribution in [0.2, 0.25) is 0 Å². The highest BCUT2D eigenvalue weighted by Gasteiger charge is 2.27. The Bertz CT molecular complexity index is 987. The summed E-state index contributed by atoms with van der Waals surface area (Å²) in [5, 5.41) is 2.97. The maximum atomic E-state index is 13.3. The standard InChI is InChI=1S/C27H37BrN2O4/c1-8-18(2)29-26(32)19(3)30(16-20-10-9-11-22(14-20)33-7)25(31)17-34-24-13-12-21(15-23(24)28)27(4,5)6/h9-15,18-19H,8,16-17H2,1-7H3,(H,29,32)/t18-,19+/m1/s1. The smallest absolute Gasteiger partial charge is 0.261 e. The summed E-state index contributed by atoms with van der Waals surface area (Å²) in [6.45, 7) is 12.2. The van der Waals surface area contributed by atoms with Crippen molar-refractivity contribution in [1.29, 1.82) is 0 Å². The summed E-state index contributed by atoms with van der Waals surface area (Å²) in [7, 11) is 1.60. The molecule has 6 nitrogen and oxygen atoms in total. The number of carbonyl (C=O) groups is 2. The van der Waals surface area contributed by atoms with Gasteiger partial charge < -0.3 is 19.7 Å². The number of carbonyl (C=O) groups excluding carboxylic acids is 2. The van der Waals surface area contributed by atoms with E-state index < -0.39 is 6.04 Å². The monoisotopic (exact) mass is 532 g/mol. The molecule has 0 aliphatic rings. The van der Waals surface area contributed by atoms with Gasteiger partial charge in [-0.15, -0.1) is 0 Å². The zero-order chi connectivity index (χ0) is 25.5. The molecule has 2 amide bonds. The lowest BCUT2D eigenvalue weighted by molar-refractivity contribution is -0.142. The van der Waals surface area contributed by atoms with Gasteiger partial charge in [-0.25, -0.2) is 0 Å². The van der Waals surface area contributed by atoms with Gasteiger partial charge >= 0.3 is 0 Å². The Balaban J connectivity index is 2.21. The summed E-state index contributed by atoms with van der Waals surface area (Å²) < 4.78 is 12.0. The highest BCUT2D eigenvalue weighted by atomic mass is 79.9. The van der Waals surface area contributed by atoms with Crippen molar-refractivity contribution in [2.75, 3.05) is 13.7 Å². The molecule has 0 saturated carbocycles. The molecule has 2 rings (SSSR count). The van der Waals surface area contributed by atoms with Crippen molar-refractivity contribution in [3.05, 3.63) is 58.1 Å². The number of nitrogens with zero attached hydrogens (tertiary/aromatic N) is 1. The normalized spacial score (nSPS) is 13.1. The van der Waals surface area contributed by atoms with E-state index in [2.05, 4.69) is 42.0 Å². The van der Waals surface area contributed by atoms with Gasteiger partial charge in [-0.1, -0.05) is 45.9 Å². The second-order valence-electron chi connectivity index (χ2n) is 9.55. The Hall–Kier alpha value is -2.54. The number of hydrogen-bond acceptors (Lipinski definition) is 4. The molecule has 0 unspecified atom stereocenters. The Morgan fingerprint density at radius 1 is 1.12 bits per heavy atom. The molecule has 0 aromatic heterocycles. The molecule has 0 aliphatic heterocycles. The van der Waals surface area contributed by atoms with Crippen LogP contribution in [0.3, 0.4) is 0 Å². The minimum atomic E-state index is -0.664. The lowest BCUT2D eigenvalue weighted by atomic mass is 9.87. The van der Waals surface area contributed by atoms with Crippen LogP contribution >= 0.6 is 15.9 Å². The zero-order valence-electron chi connectivity index (χ0n) is 21.3. The van der Waals surface area contributed by atoms with E-state index in [1.165, 1.54) is 0 Å². The van der Waals surface area contributed by atoms with E-state index in [9.17, 15) is 9.59 Å². The van der Waals surface area contributed by atoms with E-state index in [1.54, 1.807) is 18.9 Å². The lowest BCUT2D eigenvalue weighted by Gasteiger charge is -2.29. The second-order valence-corrected chi connectivity index (χ2v) is 10.4. The number of halogens is 1. The van der Waals surface area contributed by atoms with Gasteiger partial charge in [0.05, 0.1) is 11.6 Å². The maximum Gasteiger partial charge on any atom is 0.261 e. The average Bonchev–Trinajstić information content (AvgIpc) is 2.80. The minimum absolute atomic E-state index is 0.00281. The van der Waals surface area contributed by atoms with E-state index in [4.69, 9.17) is 9.47 Å². The third-order valence-electron chi connectivity index (χ3n) is 5.80. The van der Waals surface area contributed by atoms with Crippen molar-refractivity contribution in [2.45, 2.75) is 72.0 Å². The SMILES string of the molecule is CC[C@@H](C)NC(=O)[C@H](C)N(Cc1cccc(OC)c1)C(=O)COc1ccc(C(C)(C)C)cc1Br. The van der Waals surface area contributed by atoms with Crippen molar-refractivity contribution in [2.24, 2.45) is 0 Å². The van der Waals surface area contributed by atoms with Crippen LogP contribution in [0.5, 0.6) is 11.5 Å². The van der Waals surface area contributed by atoms with Gasteiger partial charge in [0, 0.05) is 12.6 Å². The van der Waals surface area contributed by atoms with Gasteiger partial charge in [0.25, 0.3) is 5.91 Å². The zero-order valence-corrected chi connectivity index (χ0v) is 22.9. The highest BCUT2D eigenvalue weighted by molar-refractivity contribution is 9.10. The van der Waals surface area contributed by atoms with Crippen LogP contribution in [-0.4, -0.2) is 42.5 Å². The number of rotatable bonds is 10. The Labute approximate surface area is 212 Å². The fourth-order valence-corrected chi connectivity index (χ4v) is 3.82. The molecule has 0 aliphatic carbocycles. The van der Waals surface area contributed by atoms with Gasteiger partial charge in [0.15, 0.2) is 6.61 Å². The van der Waals surface area contributed by atoms with Crippen LogP contribution in [0, 0.1) is 0 Å². The van der Waals surface area contributed by atoms with Gasteiger partial charge in [0.1, 0.15) is 17.5 Å². The Morgan fingerprint density at radius 2 is 1.82 bits per heavy atom. The molecule has 0 bridgehead atoms. The van der Waals surface area contributed by atoms with Gasteiger partial charge in [-0.2, -0.15) is 0 Å². The highest BCUT2D eigenvalue weighted by Crippen LogP contribution is 2.31. The summed E-state index contributed by atoms with van der Waals surface area (Å²) in [5.74, 6) is 0.808. The molecule has 0 fully saturated rings.